The molecule has 0 saturated carbocycles. The summed E-state index contributed by atoms with van der Waals surface area (Å²) in [5, 5.41) is 14.2. The van der Waals surface area contributed by atoms with Crippen molar-refractivity contribution in [3.8, 4) is 0 Å². The van der Waals surface area contributed by atoms with Crippen molar-refractivity contribution in [3.05, 3.63) is 35.9 Å². The Morgan fingerprint density at radius 1 is 1.16 bits per heavy atom. The molecule has 3 amide bonds. The number of benzene rings is 1. The van der Waals surface area contributed by atoms with Crippen LogP contribution in [0.25, 0.3) is 0 Å². The zero-order valence-corrected chi connectivity index (χ0v) is 15.0. The number of likely N-dealkylation sites (N-methyl/N-ethyl adjacent to an activating group) is 1. The summed E-state index contributed by atoms with van der Waals surface area (Å²) in [4.78, 5) is 36.9. The molecule has 138 valence electrons. The van der Waals surface area contributed by atoms with Crippen LogP contribution >= 0.6 is 0 Å². The maximum Gasteiger partial charge on any atom is 0.315 e. The van der Waals surface area contributed by atoms with Gasteiger partial charge in [-0.2, -0.15) is 0 Å². The lowest BCUT2D eigenvalue weighted by Gasteiger charge is -2.28. The van der Waals surface area contributed by atoms with Crippen LogP contribution in [0.2, 0.25) is 0 Å². The van der Waals surface area contributed by atoms with Gasteiger partial charge < -0.3 is 20.6 Å². The summed E-state index contributed by atoms with van der Waals surface area (Å²) in [5.74, 6) is -1.34. The third kappa shape index (κ3) is 7.24. The highest BCUT2D eigenvalue weighted by molar-refractivity contribution is 5.87. The van der Waals surface area contributed by atoms with Crippen LogP contribution in [0.1, 0.15) is 32.8 Å². The van der Waals surface area contributed by atoms with Crippen LogP contribution < -0.4 is 10.6 Å². The van der Waals surface area contributed by atoms with E-state index in [1.54, 1.807) is 6.92 Å². The molecule has 0 spiro atoms. The summed E-state index contributed by atoms with van der Waals surface area (Å²) in [6.07, 6.45) is -0.120. The summed E-state index contributed by atoms with van der Waals surface area (Å²) >= 11 is 0. The highest BCUT2D eigenvalue weighted by atomic mass is 16.4. The van der Waals surface area contributed by atoms with E-state index in [4.69, 9.17) is 5.11 Å². The number of nitrogens with zero attached hydrogens (tertiary/aromatic N) is 1. The molecule has 7 heteroatoms. The van der Waals surface area contributed by atoms with E-state index in [1.807, 2.05) is 44.2 Å². The highest BCUT2D eigenvalue weighted by Crippen LogP contribution is 2.07. The smallest absolute Gasteiger partial charge is 0.315 e. The number of carboxylic acids is 1. The average molecular weight is 349 g/mol. The van der Waals surface area contributed by atoms with Crippen LogP contribution in [-0.2, 0) is 16.1 Å². The van der Waals surface area contributed by atoms with Gasteiger partial charge in [-0.1, -0.05) is 44.2 Å². The van der Waals surface area contributed by atoms with Crippen molar-refractivity contribution in [2.75, 3.05) is 13.1 Å². The third-order valence-corrected chi connectivity index (χ3v) is 3.80. The topological polar surface area (TPSA) is 98.7 Å². The van der Waals surface area contributed by atoms with Crippen molar-refractivity contribution < 1.29 is 19.5 Å². The first-order valence-corrected chi connectivity index (χ1v) is 8.44. The first-order chi connectivity index (χ1) is 11.8. The van der Waals surface area contributed by atoms with E-state index >= 15 is 0 Å². The molecule has 1 atom stereocenters. The van der Waals surface area contributed by atoms with Crippen molar-refractivity contribution in [2.24, 2.45) is 5.92 Å². The number of amides is 3. The predicted octanol–water partition coefficient (Wildman–Crippen LogP) is 1.83. The molecule has 0 heterocycles. The summed E-state index contributed by atoms with van der Waals surface area (Å²) in [6.45, 7) is 6.34. The van der Waals surface area contributed by atoms with E-state index < -0.39 is 18.0 Å². The van der Waals surface area contributed by atoms with Gasteiger partial charge in [0.2, 0.25) is 5.91 Å². The second kappa shape index (κ2) is 10.3. The maximum absolute atomic E-state index is 12.6. The number of hydrogen-bond acceptors (Lipinski definition) is 3. The monoisotopic (exact) mass is 349 g/mol. The first kappa shape index (κ1) is 20.5. The second-order valence-corrected chi connectivity index (χ2v) is 6.10. The van der Waals surface area contributed by atoms with E-state index in [2.05, 4.69) is 10.6 Å². The van der Waals surface area contributed by atoms with Gasteiger partial charge in [-0.05, 0) is 18.4 Å². The van der Waals surface area contributed by atoms with Crippen LogP contribution in [0.5, 0.6) is 0 Å². The van der Waals surface area contributed by atoms with Gasteiger partial charge in [-0.25, -0.2) is 4.79 Å². The highest BCUT2D eigenvalue weighted by Gasteiger charge is 2.28. The minimum absolute atomic E-state index is 0.117. The Hall–Kier alpha value is -2.57. The van der Waals surface area contributed by atoms with Crippen LogP contribution in [0.4, 0.5) is 4.79 Å². The quantitative estimate of drug-likeness (QED) is 0.633. The number of carbonyl (C=O) groups excluding carboxylic acids is 2. The fourth-order valence-corrected chi connectivity index (χ4v) is 2.34. The molecule has 1 rings (SSSR count). The van der Waals surface area contributed by atoms with E-state index in [-0.39, 0.29) is 24.8 Å². The van der Waals surface area contributed by atoms with Crippen molar-refractivity contribution in [1.82, 2.24) is 15.5 Å². The van der Waals surface area contributed by atoms with Gasteiger partial charge in [-0.3, -0.25) is 9.59 Å². The van der Waals surface area contributed by atoms with E-state index in [0.29, 0.717) is 13.1 Å². The van der Waals surface area contributed by atoms with Crippen LogP contribution in [0.15, 0.2) is 30.3 Å². The number of aliphatic carboxylic acids is 1. The van der Waals surface area contributed by atoms with E-state index in [1.165, 1.54) is 4.90 Å². The van der Waals surface area contributed by atoms with Gasteiger partial charge in [0.1, 0.15) is 6.04 Å². The molecular weight excluding hydrogens is 322 g/mol. The Balaban J connectivity index is 2.63. The molecule has 1 unspecified atom stereocenters. The van der Waals surface area contributed by atoms with E-state index in [0.717, 1.165) is 5.56 Å². The lowest BCUT2D eigenvalue weighted by atomic mass is 10.0. The summed E-state index contributed by atoms with van der Waals surface area (Å²) < 4.78 is 0. The molecule has 3 N–H and O–H groups in total. The maximum atomic E-state index is 12.6. The Kier molecular flexibility index (Phi) is 8.46. The zero-order chi connectivity index (χ0) is 18.8. The van der Waals surface area contributed by atoms with Crippen molar-refractivity contribution in [1.29, 1.82) is 0 Å². The molecule has 7 nitrogen and oxygen atoms in total. The SMILES string of the molecule is CCN(CCC(=O)O)C(=O)C(NC(=O)NCc1ccccc1)C(C)C. The number of rotatable bonds is 9. The normalized spacial score (nSPS) is 11.7. The molecule has 0 aliphatic carbocycles. The lowest BCUT2D eigenvalue weighted by molar-refractivity contribution is -0.139. The lowest BCUT2D eigenvalue weighted by Crippen LogP contribution is -2.53. The molecule has 1 aromatic rings. The van der Waals surface area contributed by atoms with Crippen molar-refractivity contribution in [3.63, 3.8) is 0 Å². The Morgan fingerprint density at radius 2 is 1.80 bits per heavy atom. The zero-order valence-electron chi connectivity index (χ0n) is 15.0. The van der Waals surface area contributed by atoms with Crippen LogP contribution in [-0.4, -0.2) is 47.0 Å². The summed E-state index contributed by atoms with van der Waals surface area (Å²) in [7, 11) is 0. The summed E-state index contributed by atoms with van der Waals surface area (Å²) in [6, 6.07) is 8.34. The number of urea groups is 1. The minimum Gasteiger partial charge on any atom is -0.481 e. The van der Waals surface area contributed by atoms with Crippen molar-refractivity contribution >= 4 is 17.9 Å². The number of hydrogen-bond donors (Lipinski definition) is 3. The fourth-order valence-electron chi connectivity index (χ4n) is 2.34. The van der Waals surface area contributed by atoms with Gasteiger partial charge in [0, 0.05) is 19.6 Å². The fraction of sp³-hybridized carbons (Fsp3) is 0.500. The third-order valence-electron chi connectivity index (χ3n) is 3.80. The number of carbonyl (C=O) groups is 3. The number of nitrogens with one attached hydrogen (secondary N) is 2. The molecule has 0 radical (unpaired) electrons. The molecule has 1 aromatic carbocycles. The second-order valence-electron chi connectivity index (χ2n) is 6.10. The molecule has 0 aliphatic heterocycles. The van der Waals surface area contributed by atoms with Gasteiger partial charge in [-0.15, -0.1) is 0 Å². The minimum atomic E-state index is -0.957. The van der Waals surface area contributed by atoms with Gasteiger partial charge in [0.05, 0.1) is 6.42 Å². The predicted molar refractivity (Wildman–Crippen MR) is 94.9 cm³/mol. The van der Waals surface area contributed by atoms with Crippen molar-refractivity contribution in [2.45, 2.75) is 39.8 Å². The van der Waals surface area contributed by atoms with Gasteiger partial charge >= 0.3 is 12.0 Å². The molecule has 25 heavy (non-hydrogen) atoms. The molecular formula is C18H27N3O4. The number of carboxylic acid groups (broad SMARTS) is 1. The average Bonchev–Trinajstić information content (AvgIpc) is 2.58. The molecule has 0 aliphatic rings. The standard InChI is InChI=1S/C18H27N3O4/c1-4-21(11-10-15(22)23)17(24)16(13(2)3)20-18(25)19-12-14-8-6-5-7-9-14/h5-9,13,16H,4,10-12H2,1-3H3,(H,22,23)(H2,19,20,25). The van der Waals surface area contributed by atoms with Crippen LogP contribution in [0.3, 0.4) is 0 Å². The Bertz CT molecular complexity index is 575. The Labute approximate surface area is 148 Å². The molecule has 0 saturated heterocycles. The summed E-state index contributed by atoms with van der Waals surface area (Å²) in [5.41, 5.74) is 0.960. The molecule has 0 bridgehead atoms. The molecule has 0 aromatic heterocycles. The van der Waals surface area contributed by atoms with E-state index in [9.17, 15) is 14.4 Å². The molecule has 0 fully saturated rings. The van der Waals surface area contributed by atoms with Gasteiger partial charge in [0.25, 0.3) is 0 Å². The van der Waals surface area contributed by atoms with Crippen LogP contribution in [0, 0.1) is 5.92 Å². The largest absolute Gasteiger partial charge is 0.481 e. The van der Waals surface area contributed by atoms with Gasteiger partial charge in [0.15, 0.2) is 0 Å². The first-order valence-electron chi connectivity index (χ1n) is 8.44. The Morgan fingerprint density at radius 3 is 2.32 bits per heavy atom.